The molecule has 0 aliphatic rings. The average Bonchev–Trinajstić information content (AvgIpc) is 3.42. The summed E-state index contributed by atoms with van der Waals surface area (Å²) in [6, 6.07) is 0. The van der Waals surface area contributed by atoms with Crippen LogP contribution in [0.4, 0.5) is 0 Å². The van der Waals surface area contributed by atoms with Gasteiger partial charge in [-0.05, 0) is 64.2 Å². The maximum atomic E-state index is 12.8. The normalized spacial score (nSPS) is 12.1. The fourth-order valence-corrected chi connectivity index (χ4v) is 10.5. The minimum Gasteiger partial charge on any atom is -0.462 e. The average molecular weight is 1070 g/mol. The van der Waals surface area contributed by atoms with Crippen molar-refractivity contribution in [2.24, 2.45) is 0 Å². The molecule has 6 heteroatoms. The number of carbonyl (C=O) groups is 3. The molecule has 0 aromatic rings. The first-order chi connectivity index (χ1) is 37.5. The highest BCUT2D eigenvalue weighted by Gasteiger charge is 2.19. The number of esters is 3. The van der Waals surface area contributed by atoms with Gasteiger partial charge in [-0.3, -0.25) is 14.4 Å². The first-order valence-electron chi connectivity index (χ1n) is 34.3. The van der Waals surface area contributed by atoms with E-state index in [1.807, 2.05) is 0 Å². The molecule has 0 aliphatic carbocycles. The standard InChI is InChI=1S/C70H132O6/c1-4-7-10-13-16-19-22-24-25-26-27-28-29-30-31-32-33-34-35-36-37-38-39-40-41-42-43-44-45-46-49-51-54-57-60-63-69(72)75-66-67(65-74-68(71)62-59-56-53-50-47-21-18-15-12-9-6-3)76-70(73)64-61-58-55-52-48-23-20-17-14-11-8-5-2/h15,18,26-27,67H,4-14,16-17,19-25,28-66H2,1-3H3/b18-15-,27-26-. The zero-order chi connectivity index (χ0) is 55.0. The van der Waals surface area contributed by atoms with Crippen molar-refractivity contribution in [2.75, 3.05) is 13.2 Å². The van der Waals surface area contributed by atoms with Crippen LogP contribution >= 0.6 is 0 Å². The molecule has 1 atom stereocenters. The molecule has 0 aliphatic heterocycles. The third-order valence-corrected chi connectivity index (χ3v) is 15.7. The van der Waals surface area contributed by atoms with Crippen LogP contribution < -0.4 is 0 Å². The molecule has 0 amide bonds. The molecule has 0 aromatic heterocycles. The molecule has 0 saturated heterocycles. The van der Waals surface area contributed by atoms with Gasteiger partial charge in [0, 0.05) is 19.3 Å². The highest BCUT2D eigenvalue weighted by Crippen LogP contribution is 2.18. The summed E-state index contributed by atoms with van der Waals surface area (Å²) in [5.41, 5.74) is 0. The summed E-state index contributed by atoms with van der Waals surface area (Å²) in [6.07, 6.45) is 79.5. The Balaban J connectivity index is 3.95. The van der Waals surface area contributed by atoms with Crippen LogP contribution in [0.3, 0.4) is 0 Å². The second-order valence-electron chi connectivity index (χ2n) is 23.4. The predicted octanol–water partition coefficient (Wildman–Crippen LogP) is 23.4. The molecule has 0 saturated carbocycles. The van der Waals surface area contributed by atoms with Gasteiger partial charge in [-0.25, -0.2) is 0 Å². The number of hydrogen-bond acceptors (Lipinski definition) is 6. The van der Waals surface area contributed by atoms with Crippen LogP contribution in [0.1, 0.15) is 387 Å². The van der Waals surface area contributed by atoms with Gasteiger partial charge in [-0.1, -0.05) is 328 Å². The molecule has 0 fully saturated rings. The summed E-state index contributed by atoms with van der Waals surface area (Å²) in [4.78, 5) is 38.1. The first-order valence-corrected chi connectivity index (χ1v) is 34.3. The fraction of sp³-hybridized carbons (Fsp3) is 0.900. The second kappa shape index (κ2) is 65.4. The quantitative estimate of drug-likeness (QED) is 0.0261. The largest absolute Gasteiger partial charge is 0.462 e. The lowest BCUT2D eigenvalue weighted by atomic mass is 10.0. The lowest BCUT2D eigenvalue weighted by molar-refractivity contribution is -0.167. The Kier molecular flexibility index (Phi) is 63.6. The van der Waals surface area contributed by atoms with Crippen LogP contribution in [0.15, 0.2) is 24.3 Å². The van der Waals surface area contributed by atoms with Crippen LogP contribution in [0.25, 0.3) is 0 Å². The summed E-state index contributed by atoms with van der Waals surface area (Å²) in [5, 5.41) is 0. The van der Waals surface area contributed by atoms with Crippen molar-refractivity contribution in [3.8, 4) is 0 Å². The minimum absolute atomic E-state index is 0.0677. The maximum absolute atomic E-state index is 12.8. The highest BCUT2D eigenvalue weighted by atomic mass is 16.6. The van der Waals surface area contributed by atoms with Gasteiger partial charge in [0.2, 0.25) is 0 Å². The van der Waals surface area contributed by atoms with Crippen LogP contribution in [-0.4, -0.2) is 37.2 Å². The SMILES string of the molecule is CCCC/C=C\CCCCCCCC(=O)OCC(COC(=O)CCCCCCCCCCCCCCCCCCCCCCCCC/C=C\CCCCCCCCCC)OC(=O)CCCCCCCCCCCCCC. The molecular weight excluding hydrogens is 937 g/mol. The van der Waals surface area contributed by atoms with Crippen molar-refractivity contribution in [1.82, 2.24) is 0 Å². The maximum Gasteiger partial charge on any atom is 0.306 e. The third-order valence-electron chi connectivity index (χ3n) is 15.7. The Bertz CT molecular complexity index is 1230. The Morgan fingerprint density at radius 2 is 0.447 bits per heavy atom. The van der Waals surface area contributed by atoms with Crippen molar-refractivity contribution in [3.63, 3.8) is 0 Å². The molecule has 0 aromatic carbocycles. The molecule has 76 heavy (non-hydrogen) atoms. The number of rotatable bonds is 64. The number of ether oxygens (including phenoxy) is 3. The second-order valence-corrected chi connectivity index (χ2v) is 23.4. The van der Waals surface area contributed by atoms with Crippen molar-refractivity contribution in [1.29, 1.82) is 0 Å². The predicted molar refractivity (Wildman–Crippen MR) is 330 cm³/mol. The molecule has 0 N–H and O–H groups in total. The topological polar surface area (TPSA) is 78.9 Å². The van der Waals surface area contributed by atoms with Gasteiger partial charge in [0.25, 0.3) is 0 Å². The van der Waals surface area contributed by atoms with E-state index in [1.54, 1.807) is 0 Å². The number of unbranched alkanes of at least 4 members (excludes halogenated alkanes) is 49. The fourth-order valence-electron chi connectivity index (χ4n) is 10.5. The Morgan fingerprint density at radius 3 is 0.697 bits per heavy atom. The Hall–Kier alpha value is -2.11. The molecule has 0 radical (unpaired) electrons. The highest BCUT2D eigenvalue weighted by molar-refractivity contribution is 5.71. The van der Waals surface area contributed by atoms with Crippen molar-refractivity contribution in [2.45, 2.75) is 393 Å². The summed E-state index contributed by atoms with van der Waals surface area (Å²) in [5.74, 6) is -0.854. The summed E-state index contributed by atoms with van der Waals surface area (Å²) >= 11 is 0. The zero-order valence-corrected chi connectivity index (χ0v) is 51.6. The molecule has 0 bridgehead atoms. The zero-order valence-electron chi connectivity index (χ0n) is 51.6. The lowest BCUT2D eigenvalue weighted by Crippen LogP contribution is -2.30. The van der Waals surface area contributed by atoms with E-state index in [4.69, 9.17) is 14.2 Å². The van der Waals surface area contributed by atoms with Gasteiger partial charge in [0.05, 0.1) is 0 Å². The van der Waals surface area contributed by atoms with Crippen LogP contribution in [0, 0.1) is 0 Å². The molecular formula is C70H132O6. The molecule has 0 spiro atoms. The smallest absolute Gasteiger partial charge is 0.306 e. The summed E-state index contributed by atoms with van der Waals surface area (Å²) in [6.45, 7) is 6.65. The first kappa shape index (κ1) is 73.9. The Morgan fingerprint density at radius 1 is 0.250 bits per heavy atom. The monoisotopic (exact) mass is 1070 g/mol. The number of allylic oxidation sites excluding steroid dienone is 4. The molecule has 1 unspecified atom stereocenters. The van der Waals surface area contributed by atoms with Crippen molar-refractivity contribution >= 4 is 17.9 Å². The van der Waals surface area contributed by atoms with E-state index in [2.05, 4.69) is 45.1 Å². The lowest BCUT2D eigenvalue weighted by Gasteiger charge is -2.18. The van der Waals surface area contributed by atoms with Crippen LogP contribution in [0.5, 0.6) is 0 Å². The van der Waals surface area contributed by atoms with E-state index in [-0.39, 0.29) is 31.1 Å². The van der Waals surface area contributed by atoms with Gasteiger partial charge in [-0.15, -0.1) is 0 Å². The van der Waals surface area contributed by atoms with Gasteiger partial charge >= 0.3 is 17.9 Å². The molecule has 0 heterocycles. The summed E-state index contributed by atoms with van der Waals surface area (Å²) < 4.78 is 16.9. The van der Waals surface area contributed by atoms with E-state index in [0.29, 0.717) is 19.3 Å². The number of carbonyl (C=O) groups excluding carboxylic acids is 3. The van der Waals surface area contributed by atoms with Crippen molar-refractivity contribution < 1.29 is 28.6 Å². The molecule has 0 rings (SSSR count). The van der Waals surface area contributed by atoms with Crippen LogP contribution in [0.2, 0.25) is 0 Å². The van der Waals surface area contributed by atoms with Gasteiger partial charge < -0.3 is 14.2 Å². The van der Waals surface area contributed by atoms with Gasteiger partial charge in [-0.2, -0.15) is 0 Å². The molecule has 6 nitrogen and oxygen atoms in total. The van der Waals surface area contributed by atoms with Gasteiger partial charge in [0.15, 0.2) is 6.10 Å². The molecule has 448 valence electrons. The number of hydrogen-bond donors (Lipinski definition) is 0. The minimum atomic E-state index is -0.769. The van der Waals surface area contributed by atoms with Gasteiger partial charge in [0.1, 0.15) is 13.2 Å². The van der Waals surface area contributed by atoms with E-state index in [0.717, 1.165) is 64.2 Å². The van der Waals surface area contributed by atoms with E-state index >= 15 is 0 Å². The van der Waals surface area contributed by atoms with Crippen LogP contribution in [-0.2, 0) is 28.6 Å². The van der Waals surface area contributed by atoms with Crippen molar-refractivity contribution in [3.05, 3.63) is 24.3 Å². The summed E-state index contributed by atoms with van der Waals surface area (Å²) in [7, 11) is 0. The van der Waals surface area contributed by atoms with E-state index in [1.165, 1.54) is 283 Å². The third kappa shape index (κ3) is 62.7. The van der Waals surface area contributed by atoms with E-state index in [9.17, 15) is 14.4 Å². The van der Waals surface area contributed by atoms with E-state index < -0.39 is 6.10 Å². The Labute approximate surface area is 474 Å².